The SMILES string of the molecule is COc1ccc([C@H](OC(=O)Nc2ccccc2)[C@@H](C)CC/C=C/C(=O)O)cc1O. The van der Waals surface area contributed by atoms with Crippen LogP contribution >= 0.6 is 0 Å². The summed E-state index contributed by atoms with van der Waals surface area (Å²) in [4.78, 5) is 23.0. The maximum absolute atomic E-state index is 12.4. The molecule has 0 aliphatic carbocycles. The number of aromatic hydroxyl groups is 1. The van der Waals surface area contributed by atoms with Gasteiger partial charge in [0.25, 0.3) is 0 Å². The Morgan fingerprint density at radius 2 is 1.90 bits per heavy atom. The van der Waals surface area contributed by atoms with Crippen LogP contribution in [0.3, 0.4) is 0 Å². The number of carboxylic acid groups (broad SMARTS) is 1. The van der Waals surface area contributed by atoms with Gasteiger partial charge in [-0.3, -0.25) is 5.32 Å². The summed E-state index contributed by atoms with van der Waals surface area (Å²) in [6.45, 7) is 1.90. The molecule has 154 valence electrons. The smallest absolute Gasteiger partial charge is 0.412 e. The summed E-state index contributed by atoms with van der Waals surface area (Å²) in [5.41, 5.74) is 1.21. The number of carboxylic acids is 1. The molecular weight excluding hydrogens is 374 g/mol. The van der Waals surface area contributed by atoms with Crippen molar-refractivity contribution in [3.63, 3.8) is 0 Å². The highest BCUT2D eigenvalue weighted by Gasteiger charge is 2.24. The normalized spacial score (nSPS) is 12.9. The van der Waals surface area contributed by atoms with E-state index in [1.165, 1.54) is 13.2 Å². The van der Waals surface area contributed by atoms with Crippen molar-refractivity contribution in [2.24, 2.45) is 5.92 Å². The number of carbonyl (C=O) groups excluding carboxylic acids is 1. The lowest BCUT2D eigenvalue weighted by molar-refractivity contribution is -0.131. The van der Waals surface area contributed by atoms with Gasteiger partial charge in [-0.1, -0.05) is 37.3 Å². The molecule has 29 heavy (non-hydrogen) atoms. The molecule has 0 aliphatic heterocycles. The van der Waals surface area contributed by atoms with E-state index in [4.69, 9.17) is 14.6 Å². The van der Waals surface area contributed by atoms with Crippen LogP contribution in [0.4, 0.5) is 10.5 Å². The number of aliphatic carboxylic acids is 1. The first-order chi connectivity index (χ1) is 13.9. The molecule has 7 heteroatoms. The van der Waals surface area contributed by atoms with E-state index in [2.05, 4.69) is 5.32 Å². The van der Waals surface area contributed by atoms with Gasteiger partial charge in [-0.25, -0.2) is 9.59 Å². The Morgan fingerprint density at radius 3 is 2.52 bits per heavy atom. The molecule has 0 aromatic heterocycles. The van der Waals surface area contributed by atoms with Crippen LogP contribution in [-0.2, 0) is 9.53 Å². The number of benzene rings is 2. The molecule has 7 nitrogen and oxygen atoms in total. The van der Waals surface area contributed by atoms with Crippen molar-refractivity contribution in [2.75, 3.05) is 12.4 Å². The van der Waals surface area contributed by atoms with E-state index in [-0.39, 0.29) is 11.7 Å². The summed E-state index contributed by atoms with van der Waals surface area (Å²) < 4.78 is 10.7. The van der Waals surface area contributed by atoms with Crippen molar-refractivity contribution in [3.8, 4) is 11.5 Å². The number of phenolic OH excluding ortho intramolecular Hbond substituents is 1. The minimum absolute atomic E-state index is 0.0555. The van der Waals surface area contributed by atoms with Gasteiger partial charge in [0, 0.05) is 11.8 Å². The summed E-state index contributed by atoms with van der Waals surface area (Å²) in [5, 5.41) is 21.5. The first kappa shape index (κ1) is 21.8. The zero-order valence-corrected chi connectivity index (χ0v) is 16.4. The number of para-hydroxylation sites is 1. The third-order valence-corrected chi connectivity index (χ3v) is 4.35. The average Bonchev–Trinajstić information content (AvgIpc) is 2.69. The molecule has 0 heterocycles. The lowest BCUT2D eigenvalue weighted by Gasteiger charge is -2.25. The summed E-state index contributed by atoms with van der Waals surface area (Å²) in [6.07, 6.45) is 2.48. The molecule has 0 fully saturated rings. The molecule has 2 rings (SSSR count). The van der Waals surface area contributed by atoms with Crippen molar-refractivity contribution in [1.82, 2.24) is 0 Å². The molecule has 0 saturated carbocycles. The summed E-state index contributed by atoms with van der Waals surface area (Å²) in [5.74, 6) is -0.881. The third kappa shape index (κ3) is 6.88. The highest BCUT2D eigenvalue weighted by atomic mass is 16.6. The monoisotopic (exact) mass is 399 g/mol. The fourth-order valence-electron chi connectivity index (χ4n) is 2.88. The predicted octanol–water partition coefficient (Wildman–Crippen LogP) is 4.75. The summed E-state index contributed by atoms with van der Waals surface area (Å²) in [6, 6.07) is 13.8. The Hall–Kier alpha value is -3.48. The predicted molar refractivity (Wildman–Crippen MR) is 109 cm³/mol. The maximum Gasteiger partial charge on any atom is 0.412 e. The second-order valence-corrected chi connectivity index (χ2v) is 6.54. The van der Waals surface area contributed by atoms with Crippen molar-refractivity contribution in [1.29, 1.82) is 0 Å². The first-order valence-electron chi connectivity index (χ1n) is 9.19. The largest absolute Gasteiger partial charge is 0.504 e. The maximum atomic E-state index is 12.4. The Bertz CT molecular complexity index is 850. The Kier molecular flexibility index (Phi) is 8.09. The van der Waals surface area contributed by atoms with E-state index in [0.29, 0.717) is 29.8 Å². The molecule has 2 aromatic rings. The van der Waals surface area contributed by atoms with Crippen LogP contribution in [0.15, 0.2) is 60.7 Å². The fraction of sp³-hybridized carbons (Fsp3) is 0.273. The molecule has 0 bridgehead atoms. The quantitative estimate of drug-likeness (QED) is 0.526. The second-order valence-electron chi connectivity index (χ2n) is 6.54. The van der Waals surface area contributed by atoms with Crippen LogP contribution in [0.25, 0.3) is 0 Å². The number of rotatable bonds is 9. The third-order valence-electron chi connectivity index (χ3n) is 4.35. The number of hydrogen-bond donors (Lipinski definition) is 3. The van der Waals surface area contributed by atoms with Gasteiger partial charge in [0.1, 0.15) is 6.10 Å². The van der Waals surface area contributed by atoms with E-state index < -0.39 is 18.2 Å². The van der Waals surface area contributed by atoms with Gasteiger partial charge in [-0.05, 0) is 48.6 Å². The molecule has 1 amide bonds. The van der Waals surface area contributed by atoms with Crippen LogP contribution in [0, 0.1) is 5.92 Å². The van der Waals surface area contributed by atoms with Crippen molar-refractivity contribution < 1.29 is 29.3 Å². The topological polar surface area (TPSA) is 105 Å². The van der Waals surface area contributed by atoms with Crippen LogP contribution in [0.5, 0.6) is 11.5 Å². The number of methoxy groups -OCH3 is 1. The van der Waals surface area contributed by atoms with Gasteiger partial charge >= 0.3 is 12.1 Å². The van der Waals surface area contributed by atoms with Crippen molar-refractivity contribution >= 4 is 17.7 Å². The molecule has 0 aliphatic rings. The molecular formula is C22H25NO6. The number of ether oxygens (including phenoxy) is 2. The second kappa shape index (κ2) is 10.8. The number of hydrogen-bond acceptors (Lipinski definition) is 5. The average molecular weight is 399 g/mol. The minimum atomic E-state index is -1.01. The molecule has 0 radical (unpaired) electrons. The van der Waals surface area contributed by atoms with E-state index >= 15 is 0 Å². The number of anilines is 1. The van der Waals surface area contributed by atoms with Crippen LogP contribution < -0.4 is 10.1 Å². The number of phenols is 1. The zero-order valence-electron chi connectivity index (χ0n) is 16.4. The number of carbonyl (C=O) groups is 2. The molecule has 2 atom stereocenters. The minimum Gasteiger partial charge on any atom is -0.504 e. The number of nitrogens with one attached hydrogen (secondary N) is 1. The summed E-state index contributed by atoms with van der Waals surface area (Å²) in [7, 11) is 1.45. The van der Waals surface area contributed by atoms with Crippen LogP contribution in [0.1, 0.15) is 31.4 Å². The summed E-state index contributed by atoms with van der Waals surface area (Å²) >= 11 is 0. The Balaban J connectivity index is 2.16. The van der Waals surface area contributed by atoms with E-state index in [1.54, 1.807) is 42.5 Å². The van der Waals surface area contributed by atoms with Gasteiger partial charge in [-0.2, -0.15) is 0 Å². The zero-order chi connectivity index (χ0) is 21.2. The van der Waals surface area contributed by atoms with Gasteiger partial charge in [-0.15, -0.1) is 0 Å². The first-order valence-corrected chi connectivity index (χ1v) is 9.19. The Labute approximate surface area is 169 Å². The van der Waals surface area contributed by atoms with Gasteiger partial charge < -0.3 is 19.7 Å². The molecule has 0 saturated heterocycles. The van der Waals surface area contributed by atoms with Crippen molar-refractivity contribution in [2.45, 2.75) is 25.9 Å². The highest BCUT2D eigenvalue weighted by molar-refractivity contribution is 5.84. The fourth-order valence-corrected chi connectivity index (χ4v) is 2.88. The Morgan fingerprint density at radius 1 is 1.17 bits per heavy atom. The van der Waals surface area contributed by atoms with Gasteiger partial charge in [0.2, 0.25) is 0 Å². The molecule has 0 spiro atoms. The van der Waals surface area contributed by atoms with E-state index in [1.807, 2.05) is 13.0 Å². The lowest BCUT2D eigenvalue weighted by atomic mass is 9.92. The van der Waals surface area contributed by atoms with Crippen LogP contribution in [-0.4, -0.2) is 29.4 Å². The number of amides is 1. The van der Waals surface area contributed by atoms with Crippen molar-refractivity contribution in [3.05, 3.63) is 66.2 Å². The number of allylic oxidation sites excluding steroid dienone is 1. The van der Waals surface area contributed by atoms with Crippen LogP contribution in [0.2, 0.25) is 0 Å². The van der Waals surface area contributed by atoms with Gasteiger partial charge in [0.15, 0.2) is 11.5 Å². The standard InChI is InChI=1S/C22H25NO6/c1-15(8-6-7-11-20(25)26)21(16-12-13-19(28-2)18(24)14-16)29-22(27)23-17-9-4-3-5-10-17/h3-5,7,9-15,21,24H,6,8H2,1-2H3,(H,23,27)(H,25,26)/b11-7+/t15-,21+/m0/s1. The molecule has 0 unspecified atom stereocenters. The molecule has 3 N–H and O–H groups in total. The lowest BCUT2D eigenvalue weighted by Crippen LogP contribution is -2.22. The molecule has 2 aromatic carbocycles. The highest BCUT2D eigenvalue weighted by Crippen LogP contribution is 2.35. The van der Waals surface area contributed by atoms with Gasteiger partial charge in [0.05, 0.1) is 7.11 Å². The van der Waals surface area contributed by atoms with E-state index in [9.17, 15) is 14.7 Å². The van der Waals surface area contributed by atoms with E-state index in [0.717, 1.165) is 6.08 Å².